The third kappa shape index (κ3) is 6.63. The first-order valence-corrected chi connectivity index (χ1v) is 8.64. The Bertz CT molecular complexity index is 697. The van der Waals surface area contributed by atoms with E-state index in [1.165, 1.54) is 16.7 Å². The Labute approximate surface area is 150 Å². The normalized spacial score (nSPS) is 10.2. The molecule has 3 aromatic rings. The maximum absolute atomic E-state index is 5.92. The van der Waals surface area contributed by atoms with E-state index >= 15 is 0 Å². The van der Waals surface area contributed by atoms with E-state index in [1.54, 1.807) is 6.33 Å². The summed E-state index contributed by atoms with van der Waals surface area (Å²) in [6, 6.07) is 18.5. The molecule has 1 aromatic heterocycles. The minimum Gasteiger partial charge on any atom is -0.348 e. The Morgan fingerprint density at radius 1 is 1.08 bits per heavy atom. The topological polar surface area (TPSA) is 28.7 Å². The zero-order chi connectivity index (χ0) is 17.2. The van der Waals surface area contributed by atoms with Crippen LogP contribution in [0.2, 0.25) is 11.3 Å². The van der Waals surface area contributed by atoms with Gasteiger partial charge in [0.2, 0.25) is 0 Å². The van der Waals surface area contributed by atoms with Crippen molar-refractivity contribution in [3.63, 3.8) is 0 Å². The fourth-order valence-corrected chi connectivity index (χ4v) is 2.46. The number of hydrogen-bond donors (Lipinski definition) is 1. The SMILES string of the molecule is CC(C)c1cnc[nH]1.Clc1cccc([B]CCc2ccccc2)c1. The molecule has 0 aliphatic carbocycles. The minimum absolute atomic E-state index is 0.567. The van der Waals surface area contributed by atoms with Crippen LogP contribution in [0.25, 0.3) is 0 Å². The lowest BCUT2D eigenvalue weighted by Gasteiger charge is -2.01. The van der Waals surface area contributed by atoms with Gasteiger partial charge in [-0.3, -0.25) is 0 Å². The molecule has 0 bridgehead atoms. The summed E-state index contributed by atoms with van der Waals surface area (Å²) in [5.74, 6) is 0.567. The molecule has 0 spiro atoms. The Kier molecular flexibility index (Phi) is 7.64. The molecule has 2 nitrogen and oxygen atoms in total. The quantitative estimate of drug-likeness (QED) is 0.661. The summed E-state index contributed by atoms with van der Waals surface area (Å²) in [6.45, 7) is 4.26. The first-order valence-electron chi connectivity index (χ1n) is 8.26. The molecule has 0 atom stereocenters. The number of benzene rings is 2. The summed E-state index contributed by atoms with van der Waals surface area (Å²) in [5.41, 5.74) is 3.77. The summed E-state index contributed by atoms with van der Waals surface area (Å²) in [4.78, 5) is 6.91. The molecule has 0 saturated heterocycles. The van der Waals surface area contributed by atoms with Gasteiger partial charge in [0, 0.05) is 16.9 Å². The lowest BCUT2D eigenvalue weighted by molar-refractivity contribution is 0.832. The van der Waals surface area contributed by atoms with Crippen molar-refractivity contribution in [2.75, 3.05) is 0 Å². The van der Waals surface area contributed by atoms with Crippen LogP contribution in [0.5, 0.6) is 0 Å². The van der Waals surface area contributed by atoms with Crippen molar-refractivity contribution >= 4 is 24.3 Å². The number of aromatic amines is 1. The van der Waals surface area contributed by atoms with Crippen LogP contribution in [0.1, 0.15) is 31.0 Å². The molecule has 0 saturated carbocycles. The maximum atomic E-state index is 5.92. The van der Waals surface area contributed by atoms with Crippen LogP contribution in [0.4, 0.5) is 0 Å². The van der Waals surface area contributed by atoms with Gasteiger partial charge in [0.1, 0.15) is 0 Å². The number of aromatic nitrogens is 2. The number of hydrogen-bond acceptors (Lipinski definition) is 1. The van der Waals surface area contributed by atoms with Gasteiger partial charge in [-0.05, 0) is 30.0 Å². The second-order valence-corrected chi connectivity index (χ2v) is 6.38. The molecule has 4 heteroatoms. The largest absolute Gasteiger partial charge is 0.348 e. The Morgan fingerprint density at radius 3 is 2.46 bits per heavy atom. The van der Waals surface area contributed by atoms with Crippen LogP contribution in [-0.2, 0) is 6.42 Å². The van der Waals surface area contributed by atoms with Crippen molar-refractivity contribution in [3.8, 4) is 0 Å². The molecule has 0 fully saturated rings. The fourth-order valence-electron chi connectivity index (χ4n) is 2.27. The van der Waals surface area contributed by atoms with Crippen LogP contribution in [0.3, 0.4) is 0 Å². The van der Waals surface area contributed by atoms with E-state index in [0.29, 0.717) is 5.92 Å². The molecule has 1 heterocycles. The molecular formula is C20H23BClN2. The Balaban J connectivity index is 0.000000219. The summed E-state index contributed by atoms with van der Waals surface area (Å²) in [5, 5.41) is 0.800. The molecule has 0 aliphatic rings. The smallest absolute Gasteiger partial charge is 0.152 e. The highest BCUT2D eigenvalue weighted by Crippen LogP contribution is 2.07. The molecule has 0 unspecified atom stereocenters. The van der Waals surface area contributed by atoms with Gasteiger partial charge < -0.3 is 4.98 Å². The van der Waals surface area contributed by atoms with Crippen LogP contribution < -0.4 is 5.46 Å². The van der Waals surface area contributed by atoms with E-state index in [9.17, 15) is 0 Å². The van der Waals surface area contributed by atoms with E-state index in [0.717, 1.165) is 17.8 Å². The fraction of sp³-hybridized carbons (Fsp3) is 0.250. The van der Waals surface area contributed by atoms with Gasteiger partial charge in [-0.1, -0.05) is 79.7 Å². The van der Waals surface area contributed by atoms with Gasteiger partial charge in [-0.2, -0.15) is 0 Å². The van der Waals surface area contributed by atoms with Gasteiger partial charge in [0.15, 0.2) is 7.28 Å². The highest BCUT2D eigenvalue weighted by Gasteiger charge is 1.98. The maximum Gasteiger partial charge on any atom is 0.152 e. The number of aryl methyl sites for hydroxylation is 1. The van der Waals surface area contributed by atoms with Gasteiger partial charge in [0.25, 0.3) is 0 Å². The predicted molar refractivity (Wildman–Crippen MR) is 104 cm³/mol. The van der Waals surface area contributed by atoms with Crippen molar-refractivity contribution in [1.82, 2.24) is 9.97 Å². The first-order chi connectivity index (χ1) is 11.6. The van der Waals surface area contributed by atoms with Gasteiger partial charge in [0.05, 0.1) is 6.33 Å². The number of rotatable bonds is 5. The predicted octanol–water partition coefficient (Wildman–Crippen LogP) is 4.86. The summed E-state index contributed by atoms with van der Waals surface area (Å²) in [7, 11) is 2.22. The highest BCUT2D eigenvalue weighted by atomic mass is 35.5. The summed E-state index contributed by atoms with van der Waals surface area (Å²) >= 11 is 5.92. The third-order valence-corrected chi connectivity index (χ3v) is 3.88. The molecule has 2 aromatic carbocycles. The van der Waals surface area contributed by atoms with Crippen molar-refractivity contribution in [2.45, 2.75) is 32.5 Å². The Hall–Kier alpha value is -2.00. The number of halogens is 1. The zero-order valence-corrected chi connectivity index (χ0v) is 15.0. The van der Waals surface area contributed by atoms with Gasteiger partial charge in [-0.25, -0.2) is 4.98 Å². The van der Waals surface area contributed by atoms with E-state index in [1.807, 2.05) is 30.5 Å². The minimum atomic E-state index is 0.567. The zero-order valence-electron chi connectivity index (χ0n) is 14.2. The van der Waals surface area contributed by atoms with Gasteiger partial charge in [-0.15, -0.1) is 0 Å². The average molecular weight is 338 g/mol. The van der Waals surface area contributed by atoms with E-state index in [2.05, 4.69) is 61.4 Å². The van der Waals surface area contributed by atoms with Crippen molar-refractivity contribution in [2.24, 2.45) is 0 Å². The second kappa shape index (κ2) is 9.99. The number of H-pyrrole nitrogens is 1. The van der Waals surface area contributed by atoms with Crippen LogP contribution in [0, 0.1) is 0 Å². The van der Waals surface area contributed by atoms with Crippen LogP contribution in [-0.4, -0.2) is 17.2 Å². The van der Waals surface area contributed by atoms with E-state index in [4.69, 9.17) is 11.6 Å². The van der Waals surface area contributed by atoms with Gasteiger partial charge >= 0.3 is 0 Å². The standard InChI is InChI=1S/C14H13BCl.C6H10N2/c16-14-8-4-7-13(11-14)15-10-9-12-5-2-1-3-6-12;1-5(2)6-3-7-4-8-6/h1-8,11H,9-10H2;3-5H,1-2H3,(H,7,8). The molecule has 1 radical (unpaired) electrons. The van der Waals surface area contributed by atoms with Crippen molar-refractivity contribution < 1.29 is 0 Å². The second-order valence-electron chi connectivity index (χ2n) is 5.95. The summed E-state index contributed by atoms with van der Waals surface area (Å²) in [6.07, 6.45) is 5.68. The molecule has 123 valence electrons. The van der Waals surface area contributed by atoms with Crippen molar-refractivity contribution in [3.05, 3.63) is 83.4 Å². The number of nitrogens with zero attached hydrogens (tertiary/aromatic N) is 1. The molecule has 0 amide bonds. The molecule has 3 rings (SSSR count). The molecule has 1 N–H and O–H groups in total. The molecule has 24 heavy (non-hydrogen) atoms. The lowest BCUT2D eigenvalue weighted by atomic mass is 9.66. The van der Waals surface area contributed by atoms with Crippen LogP contribution in [0.15, 0.2) is 67.1 Å². The Morgan fingerprint density at radius 2 is 1.88 bits per heavy atom. The molecule has 0 aliphatic heterocycles. The summed E-state index contributed by atoms with van der Waals surface area (Å²) < 4.78 is 0. The van der Waals surface area contributed by atoms with Crippen LogP contribution >= 0.6 is 11.6 Å². The van der Waals surface area contributed by atoms with E-state index in [-0.39, 0.29) is 0 Å². The van der Waals surface area contributed by atoms with Crippen molar-refractivity contribution in [1.29, 1.82) is 0 Å². The number of nitrogens with one attached hydrogen (secondary N) is 1. The van der Waals surface area contributed by atoms with E-state index < -0.39 is 0 Å². The monoisotopic (exact) mass is 337 g/mol. The number of imidazole rings is 1. The average Bonchev–Trinajstić information content (AvgIpc) is 3.11. The highest BCUT2D eigenvalue weighted by molar-refractivity contribution is 6.53. The first kappa shape index (κ1) is 18.3. The third-order valence-electron chi connectivity index (χ3n) is 3.65. The lowest BCUT2D eigenvalue weighted by Crippen LogP contribution is -2.13. The molecular weight excluding hydrogens is 314 g/mol.